The van der Waals surface area contributed by atoms with Crippen LogP contribution >= 0.6 is 22.9 Å². The molecule has 0 aromatic rings. The van der Waals surface area contributed by atoms with Crippen molar-refractivity contribution >= 4 is 22.9 Å². The molecule has 2 aliphatic rings. The SMILES string of the molecule is IN1CCC2CCNCC2C1. The van der Waals surface area contributed by atoms with Crippen LogP contribution in [0.1, 0.15) is 12.8 Å². The van der Waals surface area contributed by atoms with Gasteiger partial charge < -0.3 is 5.32 Å². The van der Waals surface area contributed by atoms with Gasteiger partial charge in [-0.1, -0.05) is 0 Å². The lowest BCUT2D eigenvalue weighted by Gasteiger charge is -2.39. The zero-order chi connectivity index (χ0) is 7.68. The minimum absolute atomic E-state index is 0.939. The van der Waals surface area contributed by atoms with Crippen LogP contribution in [0.4, 0.5) is 0 Å². The molecule has 2 rings (SSSR count). The molecule has 0 spiro atoms. The lowest BCUT2D eigenvalue weighted by Crippen LogP contribution is -2.45. The average molecular weight is 266 g/mol. The zero-order valence-corrected chi connectivity index (χ0v) is 8.88. The largest absolute Gasteiger partial charge is 0.316 e. The number of hydrogen-bond donors (Lipinski definition) is 1. The van der Waals surface area contributed by atoms with Crippen LogP contribution in [-0.2, 0) is 0 Å². The Bertz CT molecular complexity index is 140. The van der Waals surface area contributed by atoms with Gasteiger partial charge in [-0.05, 0) is 37.8 Å². The normalized spacial score (nSPS) is 40.1. The third kappa shape index (κ3) is 1.87. The molecule has 2 saturated heterocycles. The van der Waals surface area contributed by atoms with Crippen molar-refractivity contribution in [2.45, 2.75) is 12.8 Å². The van der Waals surface area contributed by atoms with Crippen molar-refractivity contribution in [2.75, 3.05) is 26.2 Å². The third-order valence-electron chi connectivity index (χ3n) is 2.94. The summed E-state index contributed by atoms with van der Waals surface area (Å²) < 4.78 is 2.44. The van der Waals surface area contributed by atoms with E-state index in [1.807, 2.05) is 0 Å². The Kier molecular flexibility index (Phi) is 2.69. The molecule has 0 bridgehead atoms. The van der Waals surface area contributed by atoms with Crippen LogP contribution in [0.5, 0.6) is 0 Å². The van der Waals surface area contributed by atoms with E-state index in [4.69, 9.17) is 0 Å². The summed E-state index contributed by atoms with van der Waals surface area (Å²) in [6, 6.07) is 0. The second-order valence-electron chi connectivity index (χ2n) is 3.67. The van der Waals surface area contributed by atoms with E-state index in [2.05, 4.69) is 31.3 Å². The molecule has 0 aliphatic carbocycles. The molecular weight excluding hydrogens is 251 g/mol. The van der Waals surface area contributed by atoms with Gasteiger partial charge >= 0.3 is 0 Å². The Labute approximate surface area is 82.2 Å². The van der Waals surface area contributed by atoms with Crippen LogP contribution < -0.4 is 5.32 Å². The number of nitrogens with one attached hydrogen (secondary N) is 1. The van der Waals surface area contributed by atoms with Crippen molar-refractivity contribution in [3.05, 3.63) is 0 Å². The summed E-state index contributed by atoms with van der Waals surface area (Å²) in [5, 5.41) is 3.47. The van der Waals surface area contributed by atoms with E-state index in [9.17, 15) is 0 Å². The predicted molar refractivity (Wildman–Crippen MR) is 54.7 cm³/mol. The first kappa shape index (κ1) is 8.26. The van der Waals surface area contributed by atoms with Crippen molar-refractivity contribution in [3.8, 4) is 0 Å². The first-order chi connectivity index (χ1) is 5.36. The van der Waals surface area contributed by atoms with Crippen molar-refractivity contribution in [1.29, 1.82) is 0 Å². The molecule has 0 amide bonds. The van der Waals surface area contributed by atoms with Gasteiger partial charge in [-0.3, -0.25) is 0 Å². The van der Waals surface area contributed by atoms with Gasteiger partial charge in [-0.15, -0.1) is 0 Å². The third-order valence-corrected chi connectivity index (χ3v) is 3.82. The lowest BCUT2D eigenvalue weighted by molar-refractivity contribution is 0.164. The van der Waals surface area contributed by atoms with Crippen molar-refractivity contribution in [2.24, 2.45) is 11.8 Å². The molecule has 3 heteroatoms. The van der Waals surface area contributed by atoms with Gasteiger partial charge in [0, 0.05) is 36.0 Å². The van der Waals surface area contributed by atoms with E-state index in [0.29, 0.717) is 0 Å². The molecule has 1 N–H and O–H groups in total. The molecule has 0 radical (unpaired) electrons. The van der Waals surface area contributed by atoms with Crippen LogP contribution in [0.25, 0.3) is 0 Å². The molecule has 64 valence electrons. The minimum atomic E-state index is 0.939. The summed E-state index contributed by atoms with van der Waals surface area (Å²) in [5.74, 6) is 1.97. The number of rotatable bonds is 0. The fraction of sp³-hybridized carbons (Fsp3) is 1.00. The topological polar surface area (TPSA) is 15.3 Å². The Morgan fingerprint density at radius 2 is 2.18 bits per heavy atom. The van der Waals surface area contributed by atoms with Gasteiger partial charge in [-0.25, -0.2) is 3.11 Å². The summed E-state index contributed by atoms with van der Waals surface area (Å²) in [6.07, 6.45) is 2.84. The van der Waals surface area contributed by atoms with Crippen LogP contribution in [-0.4, -0.2) is 29.3 Å². The fourth-order valence-electron chi connectivity index (χ4n) is 2.22. The van der Waals surface area contributed by atoms with E-state index in [0.717, 1.165) is 11.8 Å². The van der Waals surface area contributed by atoms with E-state index in [1.165, 1.54) is 39.0 Å². The van der Waals surface area contributed by atoms with Gasteiger partial charge in [0.2, 0.25) is 0 Å². The zero-order valence-electron chi connectivity index (χ0n) is 6.72. The molecule has 0 saturated carbocycles. The van der Waals surface area contributed by atoms with E-state index in [1.54, 1.807) is 0 Å². The molecular formula is C8H15IN2. The van der Waals surface area contributed by atoms with Crippen LogP contribution in [0, 0.1) is 11.8 Å². The highest BCUT2D eigenvalue weighted by molar-refractivity contribution is 14.1. The number of hydrogen-bond acceptors (Lipinski definition) is 2. The lowest BCUT2D eigenvalue weighted by atomic mass is 9.82. The highest BCUT2D eigenvalue weighted by Gasteiger charge is 2.29. The number of piperidine rings is 2. The van der Waals surface area contributed by atoms with Crippen molar-refractivity contribution < 1.29 is 0 Å². The molecule has 2 unspecified atom stereocenters. The molecule has 2 aliphatic heterocycles. The monoisotopic (exact) mass is 266 g/mol. The fourth-order valence-corrected chi connectivity index (χ4v) is 3.01. The van der Waals surface area contributed by atoms with Gasteiger partial charge in [0.15, 0.2) is 0 Å². The summed E-state index contributed by atoms with van der Waals surface area (Å²) in [6.45, 7) is 5.12. The summed E-state index contributed by atoms with van der Waals surface area (Å²) in [4.78, 5) is 0. The van der Waals surface area contributed by atoms with Crippen molar-refractivity contribution in [1.82, 2.24) is 8.43 Å². The summed E-state index contributed by atoms with van der Waals surface area (Å²) >= 11 is 2.45. The van der Waals surface area contributed by atoms with E-state index >= 15 is 0 Å². The number of nitrogens with zero attached hydrogens (tertiary/aromatic N) is 1. The van der Waals surface area contributed by atoms with E-state index in [-0.39, 0.29) is 0 Å². The van der Waals surface area contributed by atoms with Crippen LogP contribution in [0.15, 0.2) is 0 Å². The molecule has 2 atom stereocenters. The molecule has 2 fully saturated rings. The molecule has 2 nitrogen and oxygen atoms in total. The Balaban J connectivity index is 1.93. The maximum atomic E-state index is 3.47. The smallest absolute Gasteiger partial charge is 0.0201 e. The quantitative estimate of drug-likeness (QED) is 0.524. The average Bonchev–Trinajstić information content (AvgIpc) is 2.04. The Morgan fingerprint density at radius 1 is 1.27 bits per heavy atom. The second kappa shape index (κ2) is 3.58. The molecule has 0 aromatic heterocycles. The Morgan fingerprint density at radius 3 is 3.09 bits per heavy atom. The minimum Gasteiger partial charge on any atom is -0.316 e. The number of fused-ring (bicyclic) bond motifs is 1. The summed E-state index contributed by atoms with van der Waals surface area (Å²) in [7, 11) is 0. The second-order valence-corrected chi connectivity index (χ2v) is 5.03. The van der Waals surface area contributed by atoms with Gasteiger partial charge in [0.25, 0.3) is 0 Å². The van der Waals surface area contributed by atoms with Crippen LogP contribution in [0.3, 0.4) is 0 Å². The van der Waals surface area contributed by atoms with Gasteiger partial charge in [0.1, 0.15) is 0 Å². The van der Waals surface area contributed by atoms with Gasteiger partial charge in [0.05, 0.1) is 0 Å². The first-order valence-electron chi connectivity index (χ1n) is 4.47. The van der Waals surface area contributed by atoms with E-state index < -0.39 is 0 Å². The maximum Gasteiger partial charge on any atom is 0.0201 e. The Hall–Kier alpha value is 0.650. The standard InChI is InChI=1S/C8H15IN2/c9-11-4-2-7-1-3-10-5-8(7)6-11/h7-8,10H,1-6H2. The van der Waals surface area contributed by atoms with Crippen LogP contribution in [0.2, 0.25) is 0 Å². The predicted octanol–water partition coefficient (Wildman–Crippen LogP) is 1.27. The molecule has 11 heavy (non-hydrogen) atoms. The molecule has 2 heterocycles. The highest BCUT2D eigenvalue weighted by atomic mass is 127. The van der Waals surface area contributed by atoms with Crippen molar-refractivity contribution in [3.63, 3.8) is 0 Å². The maximum absolute atomic E-state index is 3.47. The highest BCUT2D eigenvalue weighted by Crippen LogP contribution is 2.29. The van der Waals surface area contributed by atoms with Gasteiger partial charge in [-0.2, -0.15) is 0 Å². The first-order valence-corrected chi connectivity index (χ1v) is 5.44. The molecule has 0 aromatic carbocycles. The summed E-state index contributed by atoms with van der Waals surface area (Å²) in [5.41, 5.74) is 0. The number of halogens is 1.